The number of nitrogens with one attached hydrogen (secondary N) is 1. The van der Waals surface area contributed by atoms with E-state index in [1.807, 2.05) is 0 Å². The molecule has 0 amide bonds. The van der Waals surface area contributed by atoms with E-state index in [-0.39, 0.29) is 16.6 Å². The summed E-state index contributed by atoms with van der Waals surface area (Å²) in [7, 11) is 0. The van der Waals surface area contributed by atoms with E-state index in [4.69, 9.17) is 10.6 Å². The van der Waals surface area contributed by atoms with E-state index in [0.29, 0.717) is 12.0 Å². The number of nitrogens with two attached hydrogens (primary N) is 1. The molecule has 19 heavy (non-hydrogen) atoms. The van der Waals surface area contributed by atoms with Gasteiger partial charge in [-0.15, -0.1) is 0 Å². The minimum absolute atomic E-state index is 0.128. The lowest BCUT2D eigenvalue weighted by Crippen LogP contribution is -2.29. The van der Waals surface area contributed by atoms with Crippen LogP contribution >= 0.6 is 15.9 Å². The summed E-state index contributed by atoms with van der Waals surface area (Å²) in [5.41, 5.74) is 3.28. The Morgan fingerprint density at radius 3 is 2.89 bits per heavy atom. The highest BCUT2D eigenvalue weighted by Gasteiger charge is 2.21. The van der Waals surface area contributed by atoms with Crippen molar-refractivity contribution in [3.63, 3.8) is 0 Å². The van der Waals surface area contributed by atoms with Gasteiger partial charge in [0.2, 0.25) is 0 Å². The average Bonchev–Trinajstić information content (AvgIpc) is 2.92. The normalized spacial score (nSPS) is 20.7. The van der Waals surface area contributed by atoms with Gasteiger partial charge in [-0.3, -0.25) is 11.3 Å². The van der Waals surface area contributed by atoms with Gasteiger partial charge in [-0.05, 0) is 53.2 Å². The lowest BCUT2D eigenvalue weighted by Gasteiger charge is -2.20. The largest absolute Gasteiger partial charge is 0.378 e. The quantitative estimate of drug-likeness (QED) is 0.494. The Kier molecular flexibility index (Phi) is 5.27. The van der Waals surface area contributed by atoms with E-state index in [2.05, 4.69) is 21.4 Å². The summed E-state index contributed by atoms with van der Waals surface area (Å²) in [5.74, 6) is 3.77. The molecule has 0 aromatic heterocycles. The van der Waals surface area contributed by atoms with Gasteiger partial charge in [0, 0.05) is 12.6 Å². The van der Waals surface area contributed by atoms with E-state index in [9.17, 15) is 8.78 Å². The van der Waals surface area contributed by atoms with Crippen molar-refractivity contribution in [2.45, 2.75) is 37.8 Å². The molecule has 0 saturated carbocycles. The Labute approximate surface area is 119 Å². The summed E-state index contributed by atoms with van der Waals surface area (Å²) in [6, 6.07) is 2.43. The SMILES string of the molecule is NNC(CCC1CCCO1)c1ccc(F)c(F)c1Br. The van der Waals surface area contributed by atoms with Crippen molar-refractivity contribution in [3.05, 3.63) is 33.8 Å². The molecule has 0 aliphatic carbocycles. The highest BCUT2D eigenvalue weighted by atomic mass is 79.9. The van der Waals surface area contributed by atoms with Crippen LogP contribution in [0.15, 0.2) is 16.6 Å². The molecule has 0 radical (unpaired) electrons. The molecular formula is C13H17BrF2N2O. The summed E-state index contributed by atoms with van der Waals surface area (Å²) in [6.45, 7) is 0.806. The number of hydrazine groups is 1. The minimum Gasteiger partial charge on any atom is -0.378 e. The molecule has 106 valence electrons. The first-order chi connectivity index (χ1) is 9.13. The molecule has 1 aliphatic rings. The Balaban J connectivity index is 2.06. The van der Waals surface area contributed by atoms with Crippen molar-refractivity contribution < 1.29 is 13.5 Å². The second kappa shape index (κ2) is 6.74. The van der Waals surface area contributed by atoms with Gasteiger partial charge < -0.3 is 4.74 Å². The molecule has 2 atom stereocenters. The second-order valence-electron chi connectivity index (χ2n) is 4.70. The van der Waals surface area contributed by atoms with Crippen LogP contribution in [-0.2, 0) is 4.74 Å². The molecular weight excluding hydrogens is 318 g/mol. The van der Waals surface area contributed by atoms with Crippen LogP contribution in [0.1, 0.15) is 37.3 Å². The zero-order chi connectivity index (χ0) is 13.8. The highest BCUT2D eigenvalue weighted by Crippen LogP contribution is 2.31. The first-order valence-electron chi connectivity index (χ1n) is 6.34. The highest BCUT2D eigenvalue weighted by molar-refractivity contribution is 9.10. The van der Waals surface area contributed by atoms with Crippen molar-refractivity contribution in [1.82, 2.24) is 5.43 Å². The van der Waals surface area contributed by atoms with Crippen LogP contribution in [0, 0.1) is 11.6 Å². The van der Waals surface area contributed by atoms with Crippen LogP contribution in [0.4, 0.5) is 8.78 Å². The molecule has 1 fully saturated rings. The van der Waals surface area contributed by atoms with Gasteiger partial charge in [-0.25, -0.2) is 8.78 Å². The Morgan fingerprint density at radius 1 is 1.47 bits per heavy atom. The number of hydrogen-bond donors (Lipinski definition) is 2. The van der Waals surface area contributed by atoms with Gasteiger partial charge in [-0.1, -0.05) is 6.07 Å². The molecule has 1 heterocycles. The van der Waals surface area contributed by atoms with Crippen LogP contribution in [0.2, 0.25) is 0 Å². The maximum absolute atomic E-state index is 13.5. The molecule has 1 saturated heterocycles. The van der Waals surface area contributed by atoms with Crippen molar-refractivity contribution in [1.29, 1.82) is 0 Å². The van der Waals surface area contributed by atoms with Crippen molar-refractivity contribution in [3.8, 4) is 0 Å². The number of ether oxygens (including phenoxy) is 1. The number of rotatable bonds is 5. The van der Waals surface area contributed by atoms with E-state index in [1.54, 1.807) is 6.07 Å². The van der Waals surface area contributed by atoms with Gasteiger partial charge in [0.1, 0.15) is 0 Å². The van der Waals surface area contributed by atoms with Gasteiger partial charge in [-0.2, -0.15) is 0 Å². The molecule has 1 aromatic rings. The zero-order valence-corrected chi connectivity index (χ0v) is 12.1. The summed E-state index contributed by atoms with van der Waals surface area (Å²) in [5, 5.41) is 0. The standard InChI is InChI=1S/C13H17BrF2N2O/c14-12-9(4-5-10(15)13(12)16)11(18-17)6-3-8-2-1-7-19-8/h4-5,8,11,18H,1-3,6-7,17H2. The van der Waals surface area contributed by atoms with Crippen LogP contribution in [-0.4, -0.2) is 12.7 Å². The van der Waals surface area contributed by atoms with E-state index in [1.165, 1.54) is 0 Å². The van der Waals surface area contributed by atoms with Crippen LogP contribution < -0.4 is 11.3 Å². The monoisotopic (exact) mass is 334 g/mol. The molecule has 6 heteroatoms. The molecule has 3 N–H and O–H groups in total. The predicted octanol–water partition coefficient (Wildman–Crippen LogP) is 3.19. The van der Waals surface area contributed by atoms with Crippen LogP contribution in [0.5, 0.6) is 0 Å². The predicted molar refractivity (Wildman–Crippen MR) is 72.3 cm³/mol. The maximum atomic E-state index is 13.5. The summed E-state index contributed by atoms with van der Waals surface area (Å²) in [4.78, 5) is 0. The van der Waals surface area contributed by atoms with Gasteiger partial charge in [0.15, 0.2) is 11.6 Å². The van der Waals surface area contributed by atoms with E-state index >= 15 is 0 Å². The fourth-order valence-corrected chi connectivity index (χ4v) is 2.96. The minimum atomic E-state index is -0.880. The topological polar surface area (TPSA) is 47.3 Å². The van der Waals surface area contributed by atoms with Crippen molar-refractivity contribution in [2.24, 2.45) is 5.84 Å². The first kappa shape index (κ1) is 14.8. The fourth-order valence-electron chi connectivity index (χ4n) is 2.36. The van der Waals surface area contributed by atoms with Crippen LogP contribution in [0.3, 0.4) is 0 Å². The first-order valence-corrected chi connectivity index (χ1v) is 7.14. The third kappa shape index (κ3) is 3.51. The third-order valence-corrected chi connectivity index (χ3v) is 4.25. The van der Waals surface area contributed by atoms with Gasteiger partial charge in [0.05, 0.1) is 10.6 Å². The summed E-state index contributed by atoms with van der Waals surface area (Å²) >= 11 is 3.08. The Hall–Kier alpha value is -0.560. The summed E-state index contributed by atoms with van der Waals surface area (Å²) < 4.78 is 32.3. The smallest absolute Gasteiger partial charge is 0.173 e. The van der Waals surface area contributed by atoms with Gasteiger partial charge >= 0.3 is 0 Å². The van der Waals surface area contributed by atoms with Gasteiger partial charge in [0.25, 0.3) is 0 Å². The third-order valence-electron chi connectivity index (χ3n) is 3.44. The average molecular weight is 335 g/mol. The van der Waals surface area contributed by atoms with E-state index < -0.39 is 11.6 Å². The van der Waals surface area contributed by atoms with Crippen molar-refractivity contribution >= 4 is 15.9 Å². The molecule has 2 unspecified atom stereocenters. The lowest BCUT2D eigenvalue weighted by atomic mass is 9.99. The number of hydrogen-bond acceptors (Lipinski definition) is 3. The van der Waals surface area contributed by atoms with Crippen molar-refractivity contribution in [2.75, 3.05) is 6.61 Å². The maximum Gasteiger partial charge on any atom is 0.173 e. The van der Waals surface area contributed by atoms with Crippen LogP contribution in [0.25, 0.3) is 0 Å². The zero-order valence-electron chi connectivity index (χ0n) is 10.5. The molecule has 2 rings (SSSR count). The van der Waals surface area contributed by atoms with E-state index in [0.717, 1.165) is 31.9 Å². The Morgan fingerprint density at radius 2 is 2.26 bits per heavy atom. The number of halogens is 3. The fraction of sp³-hybridized carbons (Fsp3) is 0.538. The summed E-state index contributed by atoms with van der Waals surface area (Å²) in [6.07, 6.45) is 3.95. The molecule has 0 spiro atoms. The molecule has 1 aliphatic heterocycles. The second-order valence-corrected chi connectivity index (χ2v) is 5.49. The molecule has 1 aromatic carbocycles. The number of benzene rings is 1. The lowest BCUT2D eigenvalue weighted by molar-refractivity contribution is 0.0995. The Bertz CT molecular complexity index is 439. The molecule has 0 bridgehead atoms. The molecule has 3 nitrogen and oxygen atoms in total.